The number of carbonyl (C=O) groups is 1. The summed E-state index contributed by atoms with van der Waals surface area (Å²) in [5.41, 5.74) is 5.71. The summed E-state index contributed by atoms with van der Waals surface area (Å²) in [4.78, 5) is 29.5. The molecule has 4 aromatic carbocycles. The van der Waals surface area contributed by atoms with Crippen LogP contribution in [0.4, 0.5) is 5.69 Å². The third-order valence-corrected chi connectivity index (χ3v) is 7.75. The van der Waals surface area contributed by atoms with E-state index in [1.54, 1.807) is 11.0 Å². The average molecular weight is 536 g/mol. The van der Waals surface area contributed by atoms with Crippen LogP contribution in [0.1, 0.15) is 50.0 Å². The maximum Gasteiger partial charge on any atom is 0.295 e. The second-order valence-corrected chi connectivity index (χ2v) is 10.4. The number of hydrogen-bond donors (Lipinski definition) is 0. The van der Waals surface area contributed by atoms with Crippen molar-refractivity contribution in [3.05, 3.63) is 139 Å². The van der Waals surface area contributed by atoms with Gasteiger partial charge in [-0.05, 0) is 85.0 Å². The molecule has 0 spiro atoms. The number of aryl methyl sites for hydroxylation is 3. The van der Waals surface area contributed by atoms with Crippen LogP contribution in [0, 0.1) is 20.8 Å². The van der Waals surface area contributed by atoms with Gasteiger partial charge in [-0.1, -0.05) is 60.1 Å². The minimum absolute atomic E-state index is 0.0491. The Hall–Kier alpha value is -4.35. The summed E-state index contributed by atoms with van der Waals surface area (Å²) in [6, 6.07) is 25.8. The summed E-state index contributed by atoms with van der Waals surface area (Å²) in [5, 5.41) is 0.987. The summed E-state index contributed by atoms with van der Waals surface area (Å²) >= 11 is 6.48. The minimum Gasteiger partial charge on any atom is -0.489 e. The molecule has 6 rings (SSSR count). The van der Waals surface area contributed by atoms with E-state index in [0.29, 0.717) is 39.6 Å². The first-order chi connectivity index (χ1) is 18.8. The monoisotopic (exact) mass is 535 g/mol. The van der Waals surface area contributed by atoms with Gasteiger partial charge in [-0.2, -0.15) is 0 Å². The van der Waals surface area contributed by atoms with Crippen molar-refractivity contribution in [1.82, 2.24) is 0 Å². The predicted molar refractivity (Wildman–Crippen MR) is 154 cm³/mol. The molecule has 39 heavy (non-hydrogen) atoms. The van der Waals surface area contributed by atoms with Gasteiger partial charge in [0.15, 0.2) is 5.43 Å². The second kappa shape index (κ2) is 9.75. The van der Waals surface area contributed by atoms with Crippen LogP contribution in [0.25, 0.3) is 11.0 Å². The maximum atomic E-state index is 14.0. The number of ether oxygens (including phenoxy) is 1. The van der Waals surface area contributed by atoms with Crippen molar-refractivity contribution in [2.75, 3.05) is 4.90 Å². The van der Waals surface area contributed by atoms with Crippen LogP contribution in [0.2, 0.25) is 5.02 Å². The summed E-state index contributed by atoms with van der Waals surface area (Å²) in [6.07, 6.45) is 0. The molecule has 0 saturated carbocycles. The van der Waals surface area contributed by atoms with E-state index in [2.05, 4.69) is 0 Å². The fourth-order valence-corrected chi connectivity index (χ4v) is 5.23. The molecular weight excluding hydrogens is 510 g/mol. The lowest BCUT2D eigenvalue weighted by Crippen LogP contribution is -2.29. The van der Waals surface area contributed by atoms with Gasteiger partial charge in [-0.25, -0.2) is 0 Å². The highest BCUT2D eigenvalue weighted by Crippen LogP contribution is 2.43. The Balaban J connectivity index is 1.52. The zero-order valence-electron chi connectivity index (χ0n) is 21.8. The minimum atomic E-state index is -0.714. The van der Waals surface area contributed by atoms with E-state index in [4.69, 9.17) is 20.8 Å². The van der Waals surface area contributed by atoms with Gasteiger partial charge in [0.1, 0.15) is 17.9 Å². The molecule has 0 fully saturated rings. The Morgan fingerprint density at radius 3 is 2.38 bits per heavy atom. The van der Waals surface area contributed by atoms with Gasteiger partial charge in [0.05, 0.1) is 17.0 Å². The molecule has 2 heterocycles. The van der Waals surface area contributed by atoms with E-state index in [1.165, 1.54) is 0 Å². The molecule has 1 unspecified atom stereocenters. The third-order valence-electron chi connectivity index (χ3n) is 7.34. The van der Waals surface area contributed by atoms with Gasteiger partial charge in [0.25, 0.3) is 5.91 Å². The zero-order valence-corrected chi connectivity index (χ0v) is 22.6. The van der Waals surface area contributed by atoms with Crippen molar-refractivity contribution >= 4 is 34.2 Å². The Bertz CT molecular complexity index is 1810. The zero-order chi connectivity index (χ0) is 27.3. The van der Waals surface area contributed by atoms with Crippen LogP contribution in [-0.2, 0) is 6.61 Å². The van der Waals surface area contributed by atoms with Gasteiger partial charge >= 0.3 is 0 Å². The molecule has 0 bridgehead atoms. The third kappa shape index (κ3) is 4.39. The quantitative estimate of drug-likeness (QED) is 0.231. The molecule has 0 saturated heterocycles. The van der Waals surface area contributed by atoms with Crippen LogP contribution >= 0.6 is 11.6 Å². The lowest BCUT2D eigenvalue weighted by atomic mass is 9.97. The SMILES string of the molecule is Cc1cc2oc3c(c(=O)c2cc1C)C(c1cccc(OCc2ccccc2)c1)N(c1ccc(C)c(Cl)c1)C3=O. The van der Waals surface area contributed by atoms with Crippen molar-refractivity contribution in [2.24, 2.45) is 0 Å². The molecule has 1 atom stereocenters. The number of carbonyl (C=O) groups excluding carboxylic acids is 1. The fraction of sp³-hybridized carbons (Fsp3) is 0.152. The summed E-state index contributed by atoms with van der Waals surface area (Å²) in [7, 11) is 0. The summed E-state index contributed by atoms with van der Waals surface area (Å²) in [6.45, 7) is 6.21. The number of amides is 1. The number of hydrogen-bond acceptors (Lipinski definition) is 4. The van der Waals surface area contributed by atoms with Crippen LogP contribution in [-0.4, -0.2) is 5.91 Å². The highest BCUT2D eigenvalue weighted by atomic mass is 35.5. The maximum absolute atomic E-state index is 14.0. The van der Waals surface area contributed by atoms with Gasteiger partial charge in [-0.3, -0.25) is 14.5 Å². The smallest absolute Gasteiger partial charge is 0.295 e. The van der Waals surface area contributed by atoms with Crippen molar-refractivity contribution in [3.8, 4) is 5.75 Å². The molecule has 0 aliphatic carbocycles. The first-order valence-corrected chi connectivity index (χ1v) is 13.1. The Labute approximate surface area is 231 Å². The summed E-state index contributed by atoms with van der Waals surface area (Å²) in [5.74, 6) is 0.298. The molecule has 1 aromatic heterocycles. The number of rotatable bonds is 5. The molecule has 0 N–H and O–H groups in total. The van der Waals surface area contributed by atoms with E-state index in [-0.39, 0.29) is 17.1 Å². The van der Waals surface area contributed by atoms with Gasteiger partial charge in [-0.15, -0.1) is 0 Å². The Morgan fingerprint density at radius 2 is 1.62 bits per heavy atom. The topological polar surface area (TPSA) is 59.8 Å². The lowest BCUT2D eigenvalue weighted by molar-refractivity contribution is 0.0971. The molecule has 0 radical (unpaired) electrons. The normalized spacial score (nSPS) is 14.6. The van der Waals surface area contributed by atoms with E-state index < -0.39 is 6.04 Å². The van der Waals surface area contributed by atoms with E-state index in [9.17, 15) is 9.59 Å². The number of benzene rings is 4. The standard InChI is InChI=1S/C33H26ClNO4/c1-19-12-13-24(17-27(19)34)35-30(23-10-7-11-25(16-23)38-18-22-8-5-4-6-9-22)29-31(36)26-14-20(2)21(3)15-28(26)39-32(29)33(35)37/h4-17,30H,18H2,1-3H3. The van der Waals surface area contributed by atoms with Crippen molar-refractivity contribution in [1.29, 1.82) is 0 Å². The first-order valence-electron chi connectivity index (χ1n) is 12.8. The van der Waals surface area contributed by atoms with Crippen LogP contribution in [0.3, 0.4) is 0 Å². The van der Waals surface area contributed by atoms with Crippen molar-refractivity contribution in [2.45, 2.75) is 33.4 Å². The number of halogens is 1. The summed E-state index contributed by atoms with van der Waals surface area (Å²) < 4.78 is 12.3. The van der Waals surface area contributed by atoms with Crippen molar-refractivity contribution in [3.63, 3.8) is 0 Å². The van der Waals surface area contributed by atoms with E-state index in [1.807, 2.05) is 99.6 Å². The van der Waals surface area contributed by atoms with E-state index in [0.717, 1.165) is 27.8 Å². The molecule has 194 valence electrons. The van der Waals surface area contributed by atoms with Gasteiger partial charge in [0, 0.05) is 10.7 Å². The predicted octanol–water partition coefficient (Wildman–Crippen LogP) is 7.70. The largest absolute Gasteiger partial charge is 0.489 e. The van der Waals surface area contributed by atoms with Crippen molar-refractivity contribution < 1.29 is 13.9 Å². The fourth-order valence-electron chi connectivity index (χ4n) is 5.06. The Kier molecular flexibility index (Phi) is 6.24. The highest BCUT2D eigenvalue weighted by Gasteiger charge is 2.44. The van der Waals surface area contributed by atoms with E-state index >= 15 is 0 Å². The number of nitrogens with zero attached hydrogens (tertiary/aromatic N) is 1. The van der Waals surface area contributed by atoms with Crippen LogP contribution in [0.5, 0.6) is 5.75 Å². The lowest BCUT2D eigenvalue weighted by Gasteiger charge is -2.26. The van der Waals surface area contributed by atoms with Crippen LogP contribution < -0.4 is 15.1 Å². The molecule has 5 nitrogen and oxygen atoms in total. The average Bonchev–Trinajstić information content (AvgIpc) is 3.23. The molecule has 5 aromatic rings. The molecule has 1 amide bonds. The first kappa shape index (κ1) is 25.0. The highest BCUT2D eigenvalue weighted by molar-refractivity contribution is 6.31. The van der Waals surface area contributed by atoms with Gasteiger partial charge in [0.2, 0.25) is 5.76 Å². The molecular formula is C33H26ClNO4. The number of fused-ring (bicyclic) bond motifs is 2. The molecule has 6 heteroatoms. The van der Waals surface area contributed by atoms with Crippen LogP contribution in [0.15, 0.2) is 94.1 Å². The van der Waals surface area contributed by atoms with Gasteiger partial charge < -0.3 is 9.15 Å². The molecule has 1 aliphatic heterocycles. The second-order valence-electron chi connectivity index (χ2n) is 9.96. The Morgan fingerprint density at radius 1 is 0.846 bits per heavy atom. The number of anilines is 1. The molecule has 1 aliphatic rings.